The van der Waals surface area contributed by atoms with Crippen LogP contribution in [0.5, 0.6) is 0 Å². The Morgan fingerprint density at radius 2 is 1.81 bits per heavy atom. The number of morpholine rings is 1. The molecule has 0 radical (unpaired) electrons. The molecule has 2 aromatic carbocycles. The Morgan fingerprint density at radius 3 is 2.56 bits per heavy atom. The molecule has 174 valence electrons. The standard InChI is InChI=1S/C25H35N5O.HI/c1-20-6-8-24(9-7-20)30-11-10-23(19-30)28-25(26-2)27-17-21-4-3-5-22(16-21)18-29-12-14-31-15-13-29;/h3-9,16,23H,10-15,17-19H2,1-2H3,(H2,26,27,28);1H. The van der Waals surface area contributed by atoms with E-state index in [4.69, 9.17) is 4.74 Å². The van der Waals surface area contributed by atoms with Crippen LogP contribution >= 0.6 is 24.0 Å². The lowest BCUT2D eigenvalue weighted by molar-refractivity contribution is 0.0342. The van der Waals surface area contributed by atoms with E-state index in [1.165, 1.54) is 22.4 Å². The van der Waals surface area contributed by atoms with Gasteiger partial charge in [-0.2, -0.15) is 0 Å². The maximum Gasteiger partial charge on any atom is 0.191 e. The normalized spacial score (nSPS) is 19.5. The highest BCUT2D eigenvalue weighted by Gasteiger charge is 2.23. The van der Waals surface area contributed by atoms with Crippen molar-refractivity contribution in [3.63, 3.8) is 0 Å². The lowest BCUT2D eigenvalue weighted by Gasteiger charge is -2.26. The molecule has 0 bridgehead atoms. The van der Waals surface area contributed by atoms with Gasteiger partial charge in [0.05, 0.1) is 13.2 Å². The molecule has 2 saturated heterocycles. The molecule has 7 heteroatoms. The minimum atomic E-state index is 0. The molecule has 6 nitrogen and oxygen atoms in total. The molecule has 1 unspecified atom stereocenters. The van der Waals surface area contributed by atoms with Gasteiger partial charge in [-0.15, -0.1) is 24.0 Å². The highest BCUT2D eigenvalue weighted by Crippen LogP contribution is 2.20. The van der Waals surface area contributed by atoms with Gasteiger partial charge in [-0.1, -0.05) is 42.0 Å². The third-order valence-electron chi connectivity index (χ3n) is 6.11. The van der Waals surface area contributed by atoms with Gasteiger partial charge in [0, 0.05) is 58.0 Å². The zero-order valence-corrected chi connectivity index (χ0v) is 21.5. The molecule has 1 atom stereocenters. The zero-order chi connectivity index (χ0) is 21.5. The molecule has 0 aromatic heterocycles. The van der Waals surface area contributed by atoms with E-state index < -0.39 is 0 Å². The van der Waals surface area contributed by atoms with Gasteiger partial charge < -0.3 is 20.3 Å². The van der Waals surface area contributed by atoms with Crippen molar-refractivity contribution in [1.82, 2.24) is 15.5 Å². The number of hydrogen-bond donors (Lipinski definition) is 2. The fourth-order valence-corrected chi connectivity index (χ4v) is 4.30. The van der Waals surface area contributed by atoms with Gasteiger partial charge in [-0.25, -0.2) is 0 Å². The summed E-state index contributed by atoms with van der Waals surface area (Å²) in [5.41, 5.74) is 5.24. The van der Waals surface area contributed by atoms with E-state index in [1.54, 1.807) is 0 Å². The minimum Gasteiger partial charge on any atom is -0.379 e. The summed E-state index contributed by atoms with van der Waals surface area (Å²) >= 11 is 0. The number of rotatable bonds is 6. The third kappa shape index (κ3) is 7.08. The van der Waals surface area contributed by atoms with Crippen LogP contribution in [-0.4, -0.2) is 63.3 Å². The lowest BCUT2D eigenvalue weighted by atomic mass is 10.1. The first-order valence-electron chi connectivity index (χ1n) is 11.4. The number of ether oxygens (including phenoxy) is 1. The number of halogens is 1. The lowest BCUT2D eigenvalue weighted by Crippen LogP contribution is -2.44. The molecule has 0 saturated carbocycles. The monoisotopic (exact) mass is 549 g/mol. The van der Waals surface area contributed by atoms with E-state index in [0.29, 0.717) is 6.04 Å². The molecule has 2 heterocycles. The van der Waals surface area contributed by atoms with Gasteiger partial charge >= 0.3 is 0 Å². The molecule has 0 aliphatic carbocycles. The summed E-state index contributed by atoms with van der Waals surface area (Å²) < 4.78 is 5.45. The Morgan fingerprint density at radius 1 is 1.06 bits per heavy atom. The zero-order valence-electron chi connectivity index (χ0n) is 19.2. The average Bonchev–Trinajstić information content (AvgIpc) is 3.26. The number of nitrogens with zero attached hydrogens (tertiary/aromatic N) is 3. The van der Waals surface area contributed by atoms with Gasteiger partial charge in [-0.05, 0) is 36.6 Å². The van der Waals surface area contributed by atoms with E-state index in [1.807, 2.05) is 7.05 Å². The van der Waals surface area contributed by atoms with Crippen LogP contribution in [0.2, 0.25) is 0 Å². The predicted octanol–water partition coefficient (Wildman–Crippen LogP) is 3.39. The topological polar surface area (TPSA) is 52.1 Å². The molecule has 0 spiro atoms. The summed E-state index contributed by atoms with van der Waals surface area (Å²) in [6.07, 6.45) is 1.11. The molecule has 2 aliphatic rings. The van der Waals surface area contributed by atoms with Crippen molar-refractivity contribution >= 4 is 35.6 Å². The summed E-state index contributed by atoms with van der Waals surface area (Å²) in [4.78, 5) is 9.34. The Kier molecular flexibility index (Phi) is 9.62. The van der Waals surface area contributed by atoms with Crippen molar-refractivity contribution in [2.24, 2.45) is 4.99 Å². The van der Waals surface area contributed by atoms with E-state index in [9.17, 15) is 0 Å². The first kappa shape index (κ1) is 24.8. The van der Waals surface area contributed by atoms with Crippen molar-refractivity contribution in [2.75, 3.05) is 51.3 Å². The van der Waals surface area contributed by atoms with Crippen LogP contribution in [0.3, 0.4) is 0 Å². The smallest absolute Gasteiger partial charge is 0.191 e. The van der Waals surface area contributed by atoms with Crippen molar-refractivity contribution < 1.29 is 4.74 Å². The fraction of sp³-hybridized carbons (Fsp3) is 0.480. The molecule has 4 rings (SSSR count). The molecule has 32 heavy (non-hydrogen) atoms. The second-order valence-electron chi connectivity index (χ2n) is 8.55. The number of guanidine groups is 1. The van der Waals surface area contributed by atoms with Crippen LogP contribution in [0.1, 0.15) is 23.1 Å². The van der Waals surface area contributed by atoms with Crippen molar-refractivity contribution in [3.05, 3.63) is 65.2 Å². The molecule has 2 fully saturated rings. The Bertz CT molecular complexity index is 867. The summed E-state index contributed by atoms with van der Waals surface area (Å²) in [7, 11) is 1.84. The van der Waals surface area contributed by atoms with Crippen LogP contribution < -0.4 is 15.5 Å². The van der Waals surface area contributed by atoms with Crippen molar-refractivity contribution in [3.8, 4) is 0 Å². The van der Waals surface area contributed by atoms with Crippen LogP contribution in [0.15, 0.2) is 53.5 Å². The number of hydrogen-bond acceptors (Lipinski definition) is 4. The maximum atomic E-state index is 5.45. The largest absolute Gasteiger partial charge is 0.379 e. The first-order valence-corrected chi connectivity index (χ1v) is 11.4. The number of anilines is 1. The Balaban J connectivity index is 0.00000289. The quantitative estimate of drug-likeness (QED) is 0.329. The van der Waals surface area contributed by atoms with Crippen molar-refractivity contribution in [1.29, 1.82) is 0 Å². The number of aliphatic imine (C=N–C) groups is 1. The average molecular weight is 550 g/mol. The fourth-order valence-electron chi connectivity index (χ4n) is 4.30. The predicted molar refractivity (Wildman–Crippen MR) is 143 cm³/mol. The van der Waals surface area contributed by atoms with E-state index >= 15 is 0 Å². The third-order valence-corrected chi connectivity index (χ3v) is 6.11. The number of benzene rings is 2. The van der Waals surface area contributed by atoms with Crippen LogP contribution in [0.4, 0.5) is 5.69 Å². The molecular weight excluding hydrogens is 513 g/mol. The highest BCUT2D eigenvalue weighted by atomic mass is 127. The van der Waals surface area contributed by atoms with Crippen LogP contribution in [-0.2, 0) is 17.8 Å². The summed E-state index contributed by atoms with van der Waals surface area (Å²) in [6, 6.07) is 18.0. The Labute approximate surface area is 209 Å². The summed E-state index contributed by atoms with van der Waals surface area (Å²) in [6.45, 7) is 9.66. The van der Waals surface area contributed by atoms with Crippen molar-refractivity contribution in [2.45, 2.75) is 32.5 Å². The van der Waals surface area contributed by atoms with E-state index in [-0.39, 0.29) is 24.0 Å². The van der Waals surface area contributed by atoms with Crippen LogP contribution in [0.25, 0.3) is 0 Å². The highest BCUT2D eigenvalue weighted by molar-refractivity contribution is 14.0. The van der Waals surface area contributed by atoms with E-state index in [2.05, 4.69) is 80.9 Å². The van der Waals surface area contributed by atoms with Gasteiger partial charge in [-0.3, -0.25) is 9.89 Å². The number of nitrogens with one attached hydrogen (secondary N) is 2. The molecular formula is C25H36IN5O. The molecule has 0 amide bonds. The van der Waals surface area contributed by atoms with Gasteiger partial charge in [0.25, 0.3) is 0 Å². The Hall–Kier alpha value is -1.84. The second-order valence-corrected chi connectivity index (χ2v) is 8.55. The summed E-state index contributed by atoms with van der Waals surface area (Å²) in [5.74, 6) is 0.870. The maximum absolute atomic E-state index is 5.45. The van der Waals surface area contributed by atoms with Gasteiger partial charge in [0.15, 0.2) is 5.96 Å². The second kappa shape index (κ2) is 12.4. The summed E-state index contributed by atoms with van der Waals surface area (Å²) in [5, 5.41) is 7.09. The number of aryl methyl sites for hydroxylation is 1. The molecule has 2 aromatic rings. The van der Waals surface area contributed by atoms with Crippen LogP contribution in [0, 0.1) is 6.92 Å². The minimum absolute atomic E-state index is 0. The molecule has 2 N–H and O–H groups in total. The first-order chi connectivity index (χ1) is 15.2. The van der Waals surface area contributed by atoms with E-state index in [0.717, 1.165) is 64.9 Å². The van der Waals surface area contributed by atoms with Gasteiger partial charge in [0.1, 0.15) is 0 Å². The van der Waals surface area contributed by atoms with Gasteiger partial charge in [0.2, 0.25) is 0 Å². The SMILES string of the molecule is CN=C(NCc1cccc(CN2CCOCC2)c1)NC1CCN(c2ccc(C)cc2)C1.I. The molecule has 2 aliphatic heterocycles.